The van der Waals surface area contributed by atoms with Crippen LogP contribution in [0.1, 0.15) is 20.8 Å². The lowest BCUT2D eigenvalue weighted by molar-refractivity contribution is -0.156. The van der Waals surface area contributed by atoms with Crippen molar-refractivity contribution < 1.29 is 9.53 Å². The number of rotatable bonds is 3. The Bertz CT molecular complexity index is 737. The molecule has 0 bridgehead atoms. The summed E-state index contributed by atoms with van der Waals surface area (Å²) < 4.78 is 5.57. The van der Waals surface area contributed by atoms with Crippen LogP contribution in [-0.4, -0.2) is 64.2 Å². The average Bonchev–Trinajstić information content (AvgIpc) is 2.96. The Kier molecular flexibility index (Phi) is 4.27. The summed E-state index contributed by atoms with van der Waals surface area (Å²) in [6.45, 7) is 7.50. The van der Waals surface area contributed by atoms with Gasteiger partial charge in [-0.25, -0.2) is 14.8 Å². The maximum absolute atomic E-state index is 12.6. The van der Waals surface area contributed by atoms with Crippen molar-refractivity contribution in [2.75, 3.05) is 36.9 Å². The standard InChI is InChI=1S/C15H23N7O2/c1-15(2,3)24-13(23)9-7-17-5-6-22(9)12-10-11(18-8-19-12)21-14(16-4)20-10/h8-9,17H,5-7H2,1-4H3,(H2,16,18,19,20,21). The third-order valence-electron chi connectivity index (χ3n) is 3.70. The molecule has 1 aliphatic heterocycles. The van der Waals surface area contributed by atoms with Crippen molar-refractivity contribution in [3.05, 3.63) is 6.33 Å². The molecule has 1 fully saturated rings. The first kappa shape index (κ1) is 16.4. The van der Waals surface area contributed by atoms with Gasteiger partial charge in [0.05, 0.1) is 0 Å². The number of anilines is 2. The highest BCUT2D eigenvalue weighted by molar-refractivity contribution is 5.89. The predicted octanol–water partition coefficient (Wildman–Crippen LogP) is 0.514. The zero-order chi connectivity index (χ0) is 17.3. The number of aromatic nitrogens is 4. The Balaban J connectivity index is 1.96. The Labute approximate surface area is 140 Å². The Morgan fingerprint density at radius 2 is 2.21 bits per heavy atom. The number of carbonyl (C=O) groups excluding carboxylic acids is 1. The number of nitrogens with zero attached hydrogens (tertiary/aromatic N) is 4. The fraction of sp³-hybridized carbons (Fsp3) is 0.600. The minimum atomic E-state index is -0.533. The van der Waals surface area contributed by atoms with Gasteiger partial charge in [-0.1, -0.05) is 0 Å². The summed E-state index contributed by atoms with van der Waals surface area (Å²) in [6.07, 6.45) is 1.46. The lowest BCUT2D eigenvalue weighted by Crippen LogP contribution is -2.56. The molecule has 0 aliphatic carbocycles. The molecule has 3 heterocycles. The second kappa shape index (κ2) is 6.23. The molecule has 0 saturated carbocycles. The van der Waals surface area contributed by atoms with E-state index in [1.54, 1.807) is 7.05 Å². The van der Waals surface area contributed by atoms with Crippen molar-refractivity contribution in [3.63, 3.8) is 0 Å². The molecule has 2 aromatic rings. The molecule has 130 valence electrons. The quantitative estimate of drug-likeness (QED) is 0.698. The number of H-pyrrole nitrogens is 1. The van der Waals surface area contributed by atoms with Crippen molar-refractivity contribution in [2.45, 2.75) is 32.4 Å². The highest BCUT2D eigenvalue weighted by atomic mass is 16.6. The van der Waals surface area contributed by atoms with Crippen LogP contribution in [0.3, 0.4) is 0 Å². The lowest BCUT2D eigenvalue weighted by Gasteiger charge is -2.36. The van der Waals surface area contributed by atoms with Crippen molar-refractivity contribution in [2.24, 2.45) is 0 Å². The molecule has 24 heavy (non-hydrogen) atoms. The molecule has 0 radical (unpaired) electrons. The Morgan fingerprint density at radius 1 is 1.42 bits per heavy atom. The summed E-state index contributed by atoms with van der Waals surface area (Å²) in [6, 6.07) is -0.447. The minimum absolute atomic E-state index is 0.269. The van der Waals surface area contributed by atoms with Gasteiger partial charge < -0.3 is 25.3 Å². The number of hydrogen-bond donors (Lipinski definition) is 3. The first-order valence-electron chi connectivity index (χ1n) is 7.98. The summed E-state index contributed by atoms with van der Waals surface area (Å²) in [7, 11) is 1.78. The third kappa shape index (κ3) is 3.25. The number of esters is 1. The lowest BCUT2D eigenvalue weighted by atomic mass is 10.1. The van der Waals surface area contributed by atoms with E-state index < -0.39 is 11.6 Å². The largest absolute Gasteiger partial charge is 0.458 e. The minimum Gasteiger partial charge on any atom is -0.458 e. The molecule has 3 rings (SSSR count). The van der Waals surface area contributed by atoms with Crippen LogP contribution in [0.25, 0.3) is 11.2 Å². The van der Waals surface area contributed by atoms with Gasteiger partial charge in [-0.15, -0.1) is 0 Å². The summed E-state index contributed by atoms with van der Waals surface area (Å²) in [5.74, 6) is 0.997. The highest BCUT2D eigenvalue weighted by Gasteiger charge is 2.34. The smallest absolute Gasteiger partial charge is 0.330 e. The van der Waals surface area contributed by atoms with E-state index in [1.165, 1.54) is 6.33 Å². The average molecular weight is 333 g/mol. The fourth-order valence-electron chi connectivity index (χ4n) is 2.69. The van der Waals surface area contributed by atoms with Gasteiger partial charge in [-0.3, -0.25) is 0 Å². The van der Waals surface area contributed by atoms with Crippen LogP contribution in [0.15, 0.2) is 6.33 Å². The molecule has 1 saturated heterocycles. The number of aromatic amines is 1. The van der Waals surface area contributed by atoms with Crippen LogP contribution < -0.4 is 15.5 Å². The third-order valence-corrected chi connectivity index (χ3v) is 3.70. The van der Waals surface area contributed by atoms with Gasteiger partial charge in [0.25, 0.3) is 0 Å². The van der Waals surface area contributed by atoms with E-state index in [1.807, 2.05) is 25.7 Å². The van der Waals surface area contributed by atoms with Crippen molar-refractivity contribution in [3.8, 4) is 0 Å². The van der Waals surface area contributed by atoms with Crippen LogP contribution >= 0.6 is 0 Å². The van der Waals surface area contributed by atoms with Gasteiger partial charge in [0.2, 0.25) is 5.95 Å². The van der Waals surface area contributed by atoms with Gasteiger partial charge >= 0.3 is 5.97 Å². The molecule has 0 aromatic carbocycles. The molecule has 3 N–H and O–H groups in total. The van der Waals surface area contributed by atoms with Crippen LogP contribution in [0, 0.1) is 0 Å². The van der Waals surface area contributed by atoms with E-state index in [4.69, 9.17) is 4.74 Å². The van der Waals surface area contributed by atoms with Crippen molar-refractivity contribution in [1.29, 1.82) is 0 Å². The zero-order valence-corrected chi connectivity index (χ0v) is 14.4. The monoisotopic (exact) mass is 333 g/mol. The second-order valence-corrected chi connectivity index (χ2v) is 6.68. The van der Waals surface area contributed by atoms with E-state index >= 15 is 0 Å². The van der Waals surface area contributed by atoms with E-state index in [2.05, 4.69) is 30.6 Å². The van der Waals surface area contributed by atoms with Gasteiger partial charge in [-0.05, 0) is 20.8 Å². The molecule has 1 atom stereocenters. The Morgan fingerprint density at radius 3 is 2.92 bits per heavy atom. The number of piperazine rings is 1. The summed E-state index contributed by atoms with van der Waals surface area (Å²) in [4.78, 5) is 30.6. The normalized spacial score (nSPS) is 18.7. The van der Waals surface area contributed by atoms with E-state index in [0.717, 1.165) is 6.54 Å². The maximum Gasteiger partial charge on any atom is 0.330 e. The second-order valence-electron chi connectivity index (χ2n) is 6.68. The molecule has 9 nitrogen and oxygen atoms in total. The molecule has 1 unspecified atom stereocenters. The summed E-state index contributed by atoms with van der Waals surface area (Å²) in [5.41, 5.74) is 0.734. The summed E-state index contributed by atoms with van der Waals surface area (Å²) >= 11 is 0. The van der Waals surface area contributed by atoms with Gasteiger partial charge in [0.15, 0.2) is 11.5 Å². The fourth-order valence-corrected chi connectivity index (χ4v) is 2.69. The highest BCUT2D eigenvalue weighted by Crippen LogP contribution is 2.25. The number of imidazole rings is 1. The van der Waals surface area contributed by atoms with E-state index in [9.17, 15) is 4.79 Å². The van der Waals surface area contributed by atoms with Crippen molar-refractivity contribution in [1.82, 2.24) is 25.3 Å². The van der Waals surface area contributed by atoms with Crippen LogP contribution in [-0.2, 0) is 9.53 Å². The van der Waals surface area contributed by atoms with Gasteiger partial charge in [0.1, 0.15) is 23.5 Å². The molecular weight excluding hydrogens is 310 g/mol. The first-order chi connectivity index (χ1) is 11.4. The number of ether oxygens (including phenoxy) is 1. The molecule has 0 spiro atoms. The molecular formula is C15H23N7O2. The molecule has 1 aliphatic rings. The number of fused-ring (bicyclic) bond motifs is 1. The van der Waals surface area contributed by atoms with Gasteiger partial charge in [-0.2, -0.15) is 4.98 Å². The number of hydrogen-bond acceptors (Lipinski definition) is 8. The van der Waals surface area contributed by atoms with Crippen molar-refractivity contribution >= 4 is 28.9 Å². The number of nitrogens with one attached hydrogen (secondary N) is 3. The van der Waals surface area contributed by atoms with Crippen LogP contribution in [0.4, 0.5) is 11.8 Å². The molecule has 9 heteroatoms. The molecule has 2 aromatic heterocycles. The zero-order valence-electron chi connectivity index (χ0n) is 14.4. The number of carbonyl (C=O) groups is 1. The molecule has 0 amide bonds. The van der Waals surface area contributed by atoms with E-state index in [0.29, 0.717) is 36.0 Å². The predicted molar refractivity (Wildman–Crippen MR) is 91.1 cm³/mol. The van der Waals surface area contributed by atoms with E-state index in [-0.39, 0.29) is 5.97 Å². The van der Waals surface area contributed by atoms with Crippen LogP contribution in [0.5, 0.6) is 0 Å². The van der Waals surface area contributed by atoms with Gasteiger partial charge in [0, 0.05) is 26.7 Å². The SMILES string of the molecule is CNc1nc2ncnc(N3CCNCC3C(=O)OC(C)(C)C)c2[nH]1. The van der Waals surface area contributed by atoms with Crippen LogP contribution in [0.2, 0.25) is 0 Å². The first-order valence-corrected chi connectivity index (χ1v) is 7.98. The Hall–Kier alpha value is -2.42. The summed E-state index contributed by atoms with van der Waals surface area (Å²) in [5, 5.41) is 6.20. The topological polar surface area (TPSA) is 108 Å². The maximum atomic E-state index is 12.6.